The van der Waals surface area contributed by atoms with Crippen LogP contribution in [0.4, 0.5) is 0 Å². The SMILES string of the molecule is CC(C)(C)C(=O)OCOC(=O)[C@H]1C[C@@H](CP(=O)(OCOC(=O)C(C)(C)C)OCOC(=O)C(C)(C)C)CCN1. The van der Waals surface area contributed by atoms with E-state index in [1.807, 2.05) is 0 Å². The molecule has 12 nitrogen and oxygen atoms in total. The molecule has 38 heavy (non-hydrogen) atoms. The number of piperidine rings is 1. The van der Waals surface area contributed by atoms with E-state index >= 15 is 0 Å². The molecule has 1 aliphatic rings. The molecule has 0 radical (unpaired) electrons. The first-order valence-electron chi connectivity index (χ1n) is 12.5. The van der Waals surface area contributed by atoms with E-state index < -0.39 is 74.1 Å². The summed E-state index contributed by atoms with van der Waals surface area (Å²) in [4.78, 5) is 48.5. The van der Waals surface area contributed by atoms with Crippen LogP contribution in [0.3, 0.4) is 0 Å². The fourth-order valence-corrected chi connectivity index (χ4v) is 4.69. The van der Waals surface area contributed by atoms with Gasteiger partial charge in [0.15, 0.2) is 0 Å². The number of ether oxygens (including phenoxy) is 4. The minimum absolute atomic E-state index is 0.113. The fourth-order valence-electron chi connectivity index (χ4n) is 3.01. The maximum absolute atomic E-state index is 13.5. The van der Waals surface area contributed by atoms with Gasteiger partial charge in [0.1, 0.15) is 6.04 Å². The van der Waals surface area contributed by atoms with E-state index in [9.17, 15) is 23.7 Å². The fraction of sp³-hybridized carbons (Fsp3) is 0.840. The number of esters is 4. The van der Waals surface area contributed by atoms with Crippen LogP contribution in [0.1, 0.15) is 75.2 Å². The standard InChI is InChI=1S/C25H44NO11P/c1-23(2,3)20(28)33-14-32-19(27)18-12-17(10-11-26-18)13-38(31,36-15-34-21(29)24(4,5)6)37-16-35-22(30)25(7,8)9/h17-18,26H,10-16H2,1-9H3/t17-,18+/m0/s1. The van der Waals surface area contributed by atoms with E-state index in [1.165, 1.54) is 0 Å². The zero-order valence-corrected chi connectivity index (χ0v) is 24.9. The minimum atomic E-state index is -3.92. The molecule has 0 spiro atoms. The van der Waals surface area contributed by atoms with Crippen LogP contribution in [-0.4, -0.2) is 63.0 Å². The van der Waals surface area contributed by atoms with Gasteiger partial charge < -0.3 is 24.3 Å². The zero-order valence-electron chi connectivity index (χ0n) is 24.0. The maximum Gasteiger partial charge on any atom is 0.336 e. The second-order valence-corrected chi connectivity index (χ2v) is 14.4. The smallest absolute Gasteiger partial charge is 0.336 e. The molecule has 13 heteroatoms. The third-order valence-electron chi connectivity index (χ3n) is 5.39. The highest BCUT2D eigenvalue weighted by Gasteiger charge is 2.37. The summed E-state index contributed by atoms with van der Waals surface area (Å²) in [6.07, 6.45) is 0.674. The normalized spacial score (nSPS) is 18.9. The molecule has 0 bridgehead atoms. The second kappa shape index (κ2) is 13.9. The molecule has 0 aromatic rings. The molecule has 0 aliphatic carbocycles. The second-order valence-electron chi connectivity index (χ2n) is 12.3. The topological polar surface area (TPSA) is 153 Å². The number of nitrogens with one attached hydrogen (secondary N) is 1. The number of hydrogen-bond donors (Lipinski definition) is 1. The largest absolute Gasteiger partial charge is 0.438 e. The van der Waals surface area contributed by atoms with Crippen LogP contribution in [0.25, 0.3) is 0 Å². The molecule has 1 fully saturated rings. The molecular formula is C25H44NO11P. The first-order chi connectivity index (χ1) is 17.2. The lowest BCUT2D eigenvalue weighted by atomic mass is 9.94. The molecule has 1 saturated heterocycles. The van der Waals surface area contributed by atoms with Crippen molar-refractivity contribution in [2.45, 2.75) is 81.2 Å². The number of carbonyl (C=O) groups is 4. The monoisotopic (exact) mass is 565 g/mol. The predicted molar refractivity (Wildman–Crippen MR) is 136 cm³/mol. The Balaban J connectivity index is 2.78. The van der Waals surface area contributed by atoms with E-state index in [4.69, 9.17) is 28.0 Å². The van der Waals surface area contributed by atoms with Crippen LogP contribution in [-0.2, 0) is 51.7 Å². The van der Waals surface area contributed by atoms with Crippen molar-refractivity contribution < 1.29 is 51.7 Å². The molecular weight excluding hydrogens is 521 g/mol. The molecule has 1 rings (SSSR count). The Kier molecular flexibility index (Phi) is 12.4. The Bertz CT molecular complexity index is 847. The summed E-state index contributed by atoms with van der Waals surface area (Å²) in [6, 6.07) is -0.729. The van der Waals surface area contributed by atoms with Crippen LogP contribution >= 0.6 is 7.60 Å². The van der Waals surface area contributed by atoms with Crippen LogP contribution in [0, 0.1) is 22.2 Å². The molecule has 1 N–H and O–H groups in total. The van der Waals surface area contributed by atoms with Crippen LogP contribution in [0.2, 0.25) is 0 Å². The number of rotatable bonds is 11. The third kappa shape index (κ3) is 12.2. The minimum Gasteiger partial charge on any atom is -0.438 e. The van der Waals surface area contributed by atoms with Gasteiger partial charge >= 0.3 is 31.5 Å². The van der Waals surface area contributed by atoms with Gasteiger partial charge in [-0.05, 0) is 87.6 Å². The molecule has 0 aromatic carbocycles. The van der Waals surface area contributed by atoms with E-state index in [0.717, 1.165) is 0 Å². The van der Waals surface area contributed by atoms with Gasteiger partial charge in [-0.2, -0.15) is 0 Å². The summed E-state index contributed by atoms with van der Waals surface area (Å²) in [5.41, 5.74) is -2.31. The van der Waals surface area contributed by atoms with E-state index in [1.54, 1.807) is 62.3 Å². The van der Waals surface area contributed by atoms with Crippen molar-refractivity contribution in [2.24, 2.45) is 22.2 Å². The summed E-state index contributed by atoms with van der Waals surface area (Å²) < 4.78 is 44.5. The summed E-state index contributed by atoms with van der Waals surface area (Å²) in [5, 5.41) is 3.03. The number of carbonyl (C=O) groups excluding carboxylic acids is 4. The summed E-state index contributed by atoms with van der Waals surface area (Å²) in [7, 11) is -3.92. The van der Waals surface area contributed by atoms with Crippen molar-refractivity contribution in [3.05, 3.63) is 0 Å². The summed E-state index contributed by atoms with van der Waals surface area (Å²) in [6.45, 7) is 13.7. The van der Waals surface area contributed by atoms with Gasteiger partial charge in [0.2, 0.25) is 20.4 Å². The molecule has 220 valence electrons. The van der Waals surface area contributed by atoms with Crippen molar-refractivity contribution in [2.75, 3.05) is 33.1 Å². The first-order valence-corrected chi connectivity index (χ1v) is 14.3. The molecule has 1 heterocycles. The van der Waals surface area contributed by atoms with Crippen molar-refractivity contribution in [3.8, 4) is 0 Å². The lowest BCUT2D eigenvalue weighted by Gasteiger charge is -2.31. The van der Waals surface area contributed by atoms with Gasteiger partial charge in [-0.15, -0.1) is 0 Å². The lowest BCUT2D eigenvalue weighted by Crippen LogP contribution is -2.45. The molecule has 2 atom stereocenters. The third-order valence-corrected chi connectivity index (χ3v) is 7.35. The predicted octanol–water partition coefficient (Wildman–Crippen LogP) is 3.76. The highest BCUT2D eigenvalue weighted by Crippen LogP contribution is 2.51. The zero-order chi connectivity index (χ0) is 29.4. The van der Waals surface area contributed by atoms with E-state index in [-0.39, 0.29) is 18.5 Å². The molecule has 1 aliphatic heterocycles. The van der Waals surface area contributed by atoms with Gasteiger partial charge in [0.05, 0.1) is 22.4 Å². The van der Waals surface area contributed by atoms with Gasteiger partial charge in [-0.3, -0.25) is 32.8 Å². The molecule has 0 unspecified atom stereocenters. The Morgan fingerprint density at radius 1 is 0.711 bits per heavy atom. The molecule has 0 aromatic heterocycles. The Labute approximate surface area is 225 Å². The van der Waals surface area contributed by atoms with E-state index in [0.29, 0.717) is 13.0 Å². The average Bonchev–Trinajstić information content (AvgIpc) is 2.77. The van der Waals surface area contributed by atoms with E-state index in [2.05, 4.69) is 5.32 Å². The average molecular weight is 566 g/mol. The van der Waals surface area contributed by atoms with Crippen LogP contribution in [0.15, 0.2) is 0 Å². The van der Waals surface area contributed by atoms with Gasteiger partial charge in [0, 0.05) is 0 Å². The van der Waals surface area contributed by atoms with Crippen LogP contribution in [0.5, 0.6) is 0 Å². The van der Waals surface area contributed by atoms with Crippen molar-refractivity contribution >= 4 is 31.5 Å². The van der Waals surface area contributed by atoms with Crippen molar-refractivity contribution in [1.29, 1.82) is 0 Å². The highest BCUT2D eigenvalue weighted by molar-refractivity contribution is 7.53. The van der Waals surface area contributed by atoms with Gasteiger partial charge in [-0.1, -0.05) is 0 Å². The Morgan fingerprint density at radius 2 is 1.13 bits per heavy atom. The maximum atomic E-state index is 13.5. The van der Waals surface area contributed by atoms with Gasteiger partial charge in [-0.25, -0.2) is 0 Å². The number of hydrogen-bond acceptors (Lipinski definition) is 12. The molecule has 0 amide bonds. The summed E-state index contributed by atoms with van der Waals surface area (Å²) >= 11 is 0. The quantitative estimate of drug-likeness (QED) is 0.168. The van der Waals surface area contributed by atoms with Crippen molar-refractivity contribution in [1.82, 2.24) is 5.32 Å². The lowest BCUT2D eigenvalue weighted by molar-refractivity contribution is -0.175. The first kappa shape index (κ1) is 34.0. The van der Waals surface area contributed by atoms with Gasteiger partial charge in [0.25, 0.3) is 0 Å². The highest BCUT2D eigenvalue weighted by atomic mass is 31.2. The van der Waals surface area contributed by atoms with Crippen LogP contribution < -0.4 is 5.32 Å². The Morgan fingerprint density at radius 3 is 1.55 bits per heavy atom. The summed E-state index contributed by atoms with van der Waals surface area (Å²) in [5.74, 6) is -2.53. The molecule has 0 saturated carbocycles. The van der Waals surface area contributed by atoms with Crippen molar-refractivity contribution in [3.63, 3.8) is 0 Å². The Hall–Kier alpha value is -2.01.